The lowest BCUT2D eigenvalue weighted by Crippen LogP contribution is -2.44. The number of nitrogens with zero attached hydrogens (tertiary/aromatic N) is 1. The highest BCUT2D eigenvalue weighted by atomic mass is 16.4. The van der Waals surface area contributed by atoms with Crippen molar-refractivity contribution in [2.75, 3.05) is 0 Å². The first kappa shape index (κ1) is 13.0. The van der Waals surface area contributed by atoms with Gasteiger partial charge in [-0.1, -0.05) is 12.2 Å². The van der Waals surface area contributed by atoms with E-state index in [2.05, 4.69) is 18.2 Å². The first-order chi connectivity index (χ1) is 11.2. The van der Waals surface area contributed by atoms with E-state index in [4.69, 9.17) is 0 Å². The second-order valence-corrected chi connectivity index (χ2v) is 9.30. The molecule has 0 aromatic heterocycles. The number of fused-ring (bicyclic) bond motifs is 16. The van der Waals surface area contributed by atoms with Gasteiger partial charge in [-0.25, -0.2) is 0 Å². The molecule has 6 bridgehead atoms. The quantitative estimate of drug-likeness (QED) is 0.629. The zero-order valence-corrected chi connectivity index (χ0v) is 13.2. The van der Waals surface area contributed by atoms with Crippen molar-refractivity contribution in [3.8, 4) is 6.07 Å². The van der Waals surface area contributed by atoms with Crippen LogP contribution in [0.3, 0.4) is 0 Å². The van der Waals surface area contributed by atoms with Crippen molar-refractivity contribution in [3.63, 3.8) is 0 Å². The van der Waals surface area contributed by atoms with Crippen molar-refractivity contribution in [1.29, 1.82) is 5.26 Å². The summed E-state index contributed by atoms with van der Waals surface area (Å²) in [4.78, 5) is 11.3. The number of nitriles is 1. The summed E-state index contributed by atoms with van der Waals surface area (Å²) in [6, 6.07) is 2.54. The van der Waals surface area contributed by atoms with Crippen molar-refractivity contribution >= 4 is 5.97 Å². The average Bonchev–Trinajstić information content (AvgIpc) is 3.29. The van der Waals surface area contributed by atoms with Gasteiger partial charge in [0.1, 0.15) is 0 Å². The minimum Gasteiger partial charge on any atom is -0.481 e. The summed E-state index contributed by atoms with van der Waals surface area (Å²) in [6.45, 7) is 0. The van der Waals surface area contributed by atoms with E-state index < -0.39 is 5.97 Å². The van der Waals surface area contributed by atoms with Crippen LogP contribution in [0.15, 0.2) is 12.2 Å². The Bertz CT molecular complexity index is 663. The van der Waals surface area contributed by atoms with Gasteiger partial charge in [-0.2, -0.15) is 5.26 Å². The Balaban J connectivity index is 1.38. The first-order valence-electron chi connectivity index (χ1n) is 9.48. The van der Waals surface area contributed by atoms with Gasteiger partial charge in [0.15, 0.2) is 0 Å². The fraction of sp³-hybridized carbons (Fsp3) is 0.800. The molecule has 5 fully saturated rings. The number of carboxylic acids is 1. The van der Waals surface area contributed by atoms with Crippen molar-refractivity contribution in [2.24, 2.45) is 71.0 Å². The monoisotopic (exact) mass is 309 g/mol. The summed E-state index contributed by atoms with van der Waals surface area (Å²) in [6.07, 6.45) is 9.13. The molecule has 3 nitrogen and oxygen atoms in total. The minimum absolute atomic E-state index is 0.0179. The molecule has 6 aliphatic rings. The molecule has 6 rings (SSSR count). The molecular formula is C20H23NO2. The molecule has 0 spiro atoms. The van der Waals surface area contributed by atoms with Gasteiger partial charge in [0, 0.05) is 6.42 Å². The van der Waals surface area contributed by atoms with E-state index in [1.54, 1.807) is 0 Å². The second kappa shape index (κ2) is 4.02. The van der Waals surface area contributed by atoms with E-state index in [-0.39, 0.29) is 18.3 Å². The summed E-state index contributed by atoms with van der Waals surface area (Å²) in [7, 11) is 0. The van der Waals surface area contributed by atoms with Crippen molar-refractivity contribution in [1.82, 2.24) is 0 Å². The van der Waals surface area contributed by atoms with E-state index in [0.29, 0.717) is 11.8 Å². The molecular weight excluding hydrogens is 286 g/mol. The summed E-state index contributed by atoms with van der Waals surface area (Å²) < 4.78 is 0. The van der Waals surface area contributed by atoms with Crippen LogP contribution in [0.5, 0.6) is 0 Å². The SMILES string of the molecule is N#CC1C(CC(=O)O)C2CC1C1C3CC(C4C5C=CC(C5)C34)C21. The molecule has 12 unspecified atom stereocenters. The summed E-state index contributed by atoms with van der Waals surface area (Å²) >= 11 is 0. The van der Waals surface area contributed by atoms with Crippen LogP contribution in [0, 0.1) is 82.3 Å². The second-order valence-electron chi connectivity index (χ2n) is 9.30. The van der Waals surface area contributed by atoms with Gasteiger partial charge in [-0.05, 0) is 84.4 Å². The number of hydrogen-bond acceptors (Lipinski definition) is 2. The van der Waals surface area contributed by atoms with Crippen LogP contribution in [-0.4, -0.2) is 11.1 Å². The Morgan fingerprint density at radius 3 is 2.17 bits per heavy atom. The Kier molecular flexibility index (Phi) is 2.28. The predicted octanol–water partition coefficient (Wildman–Crippen LogP) is 3.19. The summed E-state index contributed by atoms with van der Waals surface area (Å²) in [5, 5.41) is 19.0. The van der Waals surface area contributed by atoms with Crippen LogP contribution in [0.1, 0.15) is 25.7 Å². The van der Waals surface area contributed by atoms with Gasteiger partial charge >= 0.3 is 5.97 Å². The maximum atomic E-state index is 11.3. The number of hydrogen-bond donors (Lipinski definition) is 1. The van der Waals surface area contributed by atoms with Crippen LogP contribution < -0.4 is 0 Å². The third-order valence-corrected chi connectivity index (χ3v) is 9.11. The topological polar surface area (TPSA) is 61.1 Å². The molecule has 0 amide bonds. The maximum absolute atomic E-state index is 11.3. The Labute approximate surface area is 136 Å². The zero-order chi connectivity index (χ0) is 15.5. The molecule has 120 valence electrons. The highest BCUT2D eigenvalue weighted by Gasteiger charge is 2.72. The molecule has 0 aromatic rings. The van der Waals surface area contributed by atoms with Crippen LogP contribution in [0.25, 0.3) is 0 Å². The van der Waals surface area contributed by atoms with Gasteiger partial charge in [-0.3, -0.25) is 4.79 Å². The molecule has 5 saturated carbocycles. The number of rotatable bonds is 2. The van der Waals surface area contributed by atoms with Gasteiger partial charge in [0.2, 0.25) is 0 Å². The molecule has 0 aromatic carbocycles. The zero-order valence-electron chi connectivity index (χ0n) is 13.2. The van der Waals surface area contributed by atoms with Crippen LogP contribution >= 0.6 is 0 Å². The van der Waals surface area contributed by atoms with E-state index >= 15 is 0 Å². The van der Waals surface area contributed by atoms with Gasteiger partial charge in [0.05, 0.1) is 12.0 Å². The van der Waals surface area contributed by atoms with Crippen molar-refractivity contribution in [3.05, 3.63) is 12.2 Å². The van der Waals surface area contributed by atoms with E-state index in [0.717, 1.165) is 53.8 Å². The minimum atomic E-state index is -0.705. The number of aliphatic carboxylic acids is 1. The predicted molar refractivity (Wildman–Crippen MR) is 82.7 cm³/mol. The fourth-order valence-corrected chi connectivity index (χ4v) is 9.07. The smallest absolute Gasteiger partial charge is 0.303 e. The van der Waals surface area contributed by atoms with E-state index in [1.807, 2.05) is 0 Å². The molecule has 6 aliphatic carbocycles. The number of carbonyl (C=O) groups is 1. The lowest BCUT2D eigenvalue weighted by Gasteiger charge is -2.47. The Morgan fingerprint density at radius 2 is 1.57 bits per heavy atom. The molecule has 1 N–H and O–H groups in total. The first-order valence-corrected chi connectivity index (χ1v) is 9.48. The molecule has 3 heteroatoms. The molecule has 12 atom stereocenters. The van der Waals surface area contributed by atoms with Crippen LogP contribution in [-0.2, 0) is 4.79 Å². The molecule has 0 saturated heterocycles. The van der Waals surface area contributed by atoms with Crippen LogP contribution in [0.4, 0.5) is 0 Å². The maximum Gasteiger partial charge on any atom is 0.303 e. The highest BCUT2D eigenvalue weighted by molar-refractivity contribution is 5.67. The molecule has 0 aliphatic heterocycles. The average molecular weight is 309 g/mol. The normalized spacial score (nSPS) is 62.6. The van der Waals surface area contributed by atoms with Gasteiger partial charge < -0.3 is 5.11 Å². The van der Waals surface area contributed by atoms with E-state index in [1.165, 1.54) is 12.8 Å². The van der Waals surface area contributed by atoms with Crippen molar-refractivity contribution in [2.45, 2.75) is 25.7 Å². The van der Waals surface area contributed by atoms with Crippen LogP contribution in [0.2, 0.25) is 0 Å². The highest BCUT2D eigenvalue weighted by Crippen LogP contribution is 2.77. The standard InChI is InChI=1S/C20H23NO2/c21-7-15-10(6-16(22)23)11-4-12(15)20-14-5-13(19(11)20)17-8-1-2-9(3-8)18(14)17/h1-2,8-15,17-20H,3-6H2,(H,22,23). The van der Waals surface area contributed by atoms with Gasteiger partial charge in [-0.15, -0.1) is 0 Å². The number of allylic oxidation sites excluding steroid dienone is 2. The third kappa shape index (κ3) is 1.33. The molecule has 0 radical (unpaired) electrons. The van der Waals surface area contributed by atoms with Crippen molar-refractivity contribution < 1.29 is 9.90 Å². The third-order valence-electron chi connectivity index (χ3n) is 9.11. The largest absolute Gasteiger partial charge is 0.481 e. The molecule has 23 heavy (non-hydrogen) atoms. The fourth-order valence-electron chi connectivity index (χ4n) is 9.07. The van der Waals surface area contributed by atoms with E-state index in [9.17, 15) is 15.2 Å². The lowest BCUT2D eigenvalue weighted by atomic mass is 9.57. The summed E-state index contributed by atoms with van der Waals surface area (Å²) in [5.74, 6) is 7.18. The number of carboxylic acid groups (broad SMARTS) is 1. The Hall–Kier alpha value is -1.30. The van der Waals surface area contributed by atoms with Gasteiger partial charge in [0.25, 0.3) is 0 Å². The lowest BCUT2D eigenvalue weighted by molar-refractivity contribution is -0.139. The summed E-state index contributed by atoms with van der Waals surface area (Å²) in [5.41, 5.74) is 0. The Morgan fingerprint density at radius 1 is 0.957 bits per heavy atom. The molecule has 0 heterocycles.